The van der Waals surface area contributed by atoms with Crippen LogP contribution in [0.1, 0.15) is 12.8 Å². The van der Waals surface area contributed by atoms with Gasteiger partial charge in [-0.2, -0.15) is 0 Å². The molecule has 1 aliphatic rings. The van der Waals surface area contributed by atoms with Crippen molar-refractivity contribution in [3.05, 3.63) is 40.7 Å². The fourth-order valence-corrected chi connectivity index (χ4v) is 2.60. The number of nitrogens with zero attached hydrogens (tertiary/aromatic N) is 3. The van der Waals surface area contributed by atoms with Gasteiger partial charge in [-0.3, -0.25) is 10.1 Å². The first kappa shape index (κ1) is 16.9. The third kappa shape index (κ3) is 4.13. The topological polar surface area (TPSA) is 111 Å². The van der Waals surface area contributed by atoms with Crippen LogP contribution in [0.15, 0.2) is 30.6 Å². The van der Waals surface area contributed by atoms with E-state index in [1.165, 1.54) is 6.33 Å². The van der Waals surface area contributed by atoms with Crippen LogP contribution in [-0.2, 0) is 4.74 Å². The Morgan fingerprint density at radius 2 is 2.08 bits per heavy atom. The van der Waals surface area contributed by atoms with Crippen LogP contribution in [0, 0.1) is 10.1 Å². The number of methoxy groups -OCH3 is 1. The molecule has 2 N–H and O–H groups in total. The average molecular weight is 345 g/mol. The van der Waals surface area contributed by atoms with E-state index in [-0.39, 0.29) is 23.4 Å². The lowest BCUT2D eigenvalue weighted by Gasteiger charge is -2.13. The van der Waals surface area contributed by atoms with Crippen LogP contribution in [-0.4, -0.2) is 41.3 Å². The molecule has 2 aromatic rings. The molecule has 25 heavy (non-hydrogen) atoms. The molecule has 0 radical (unpaired) electrons. The molecule has 0 spiro atoms. The molecular weight excluding hydrogens is 326 g/mol. The number of benzene rings is 1. The zero-order valence-corrected chi connectivity index (χ0v) is 13.8. The van der Waals surface area contributed by atoms with E-state index in [0.717, 1.165) is 19.4 Å². The molecule has 132 valence electrons. The fourth-order valence-electron chi connectivity index (χ4n) is 2.60. The Balaban J connectivity index is 1.79. The summed E-state index contributed by atoms with van der Waals surface area (Å²) < 4.78 is 10.6. The van der Waals surface area contributed by atoms with E-state index in [1.54, 1.807) is 31.4 Å². The van der Waals surface area contributed by atoms with Crippen LogP contribution in [0.3, 0.4) is 0 Å². The summed E-state index contributed by atoms with van der Waals surface area (Å²) in [6, 6.07) is 7.02. The van der Waals surface area contributed by atoms with Crippen molar-refractivity contribution in [1.29, 1.82) is 0 Å². The van der Waals surface area contributed by atoms with E-state index in [2.05, 4.69) is 20.6 Å². The summed E-state index contributed by atoms with van der Waals surface area (Å²) in [5, 5.41) is 17.5. The van der Waals surface area contributed by atoms with Crippen molar-refractivity contribution in [3.63, 3.8) is 0 Å². The van der Waals surface area contributed by atoms with E-state index >= 15 is 0 Å². The first-order chi connectivity index (χ1) is 12.2. The molecule has 0 bridgehead atoms. The maximum Gasteiger partial charge on any atom is 0.353 e. The van der Waals surface area contributed by atoms with Gasteiger partial charge in [0.15, 0.2) is 0 Å². The number of rotatable bonds is 7. The third-order valence-corrected chi connectivity index (χ3v) is 3.88. The first-order valence-electron chi connectivity index (χ1n) is 7.93. The Hall–Kier alpha value is -2.94. The molecule has 1 fully saturated rings. The molecule has 0 aliphatic carbocycles. The van der Waals surface area contributed by atoms with Crippen LogP contribution in [0.5, 0.6) is 5.75 Å². The maximum atomic E-state index is 11.5. The second kappa shape index (κ2) is 7.75. The van der Waals surface area contributed by atoms with E-state index < -0.39 is 4.92 Å². The highest BCUT2D eigenvalue weighted by Crippen LogP contribution is 2.31. The standard InChI is InChI=1S/C16H19N5O4/c1-24-12-6-4-11(5-7-12)20-16-14(21(22)23)15(18-10-19-16)17-9-13-3-2-8-25-13/h4-7,10,13H,2-3,8-9H2,1H3,(H2,17,18,19,20). The Morgan fingerprint density at radius 1 is 1.32 bits per heavy atom. The molecule has 1 aromatic carbocycles. The van der Waals surface area contributed by atoms with Crippen molar-refractivity contribution in [2.24, 2.45) is 0 Å². The van der Waals surface area contributed by atoms with Gasteiger partial charge in [0, 0.05) is 18.8 Å². The molecule has 2 heterocycles. The Kier molecular flexibility index (Phi) is 5.24. The van der Waals surface area contributed by atoms with Crippen molar-refractivity contribution >= 4 is 23.0 Å². The highest BCUT2D eigenvalue weighted by atomic mass is 16.6. The minimum atomic E-state index is -0.496. The fraction of sp³-hybridized carbons (Fsp3) is 0.375. The summed E-state index contributed by atoms with van der Waals surface area (Å²) in [6.07, 6.45) is 3.27. The van der Waals surface area contributed by atoms with Gasteiger partial charge in [0.2, 0.25) is 11.6 Å². The summed E-state index contributed by atoms with van der Waals surface area (Å²) in [6.45, 7) is 1.20. The van der Waals surface area contributed by atoms with Gasteiger partial charge < -0.3 is 20.1 Å². The number of aromatic nitrogens is 2. The minimum absolute atomic E-state index is 0.0487. The number of nitrogens with one attached hydrogen (secondary N) is 2. The molecule has 1 aliphatic heterocycles. The van der Waals surface area contributed by atoms with Gasteiger partial charge in [-0.05, 0) is 37.1 Å². The van der Waals surface area contributed by atoms with E-state index in [1.807, 2.05) is 0 Å². The molecule has 1 saturated heterocycles. The molecule has 0 saturated carbocycles. The van der Waals surface area contributed by atoms with Crippen molar-refractivity contribution in [3.8, 4) is 5.75 Å². The molecule has 3 rings (SSSR count). The van der Waals surface area contributed by atoms with Crippen LogP contribution < -0.4 is 15.4 Å². The molecule has 1 atom stereocenters. The Morgan fingerprint density at radius 3 is 2.72 bits per heavy atom. The van der Waals surface area contributed by atoms with Gasteiger partial charge in [0.1, 0.15) is 12.1 Å². The smallest absolute Gasteiger partial charge is 0.353 e. The highest BCUT2D eigenvalue weighted by Gasteiger charge is 2.24. The Bertz CT molecular complexity index is 732. The van der Waals surface area contributed by atoms with Crippen LogP contribution in [0.4, 0.5) is 23.0 Å². The van der Waals surface area contributed by atoms with Crippen molar-refractivity contribution in [2.45, 2.75) is 18.9 Å². The number of nitro groups is 1. The zero-order valence-electron chi connectivity index (χ0n) is 13.8. The van der Waals surface area contributed by atoms with Gasteiger partial charge >= 0.3 is 5.69 Å². The number of ether oxygens (including phenoxy) is 2. The summed E-state index contributed by atoms with van der Waals surface area (Å²) in [5.41, 5.74) is 0.462. The monoisotopic (exact) mass is 345 g/mol. The molecular formula is C16H19N5O4. The van der Waals surface area contributed by atoms with Gasteiger partial charge in [-0.15, -0.1) is 0 Å². The average Bonchev–Trinajstić information content (AvgIpc) is 3.14. The van der Waals surface area contributed by atoms with Crippen LogP contribution >= 0.6 is 0 Å². The third-order valence-electron chi connectivity index (χ3n) is 3.88. The van der Waals surface area contributed by atoms with Gasteiger partial charge in [0.25, 0.3) is 0 Å². The summed E-state index contributed by atoms with van der Waals surface area (Å²) >= 11 is 0. The first-order valence-corrected chi connectivity index (χ1v) is 7.93. The summed E-state index contributed by atoms with van der Waals surface area (Å²) in [4.78, 5) is 19.1. The molecule has 9 heteroatoms. The highest BCUT2D eigenvalue weighted by molar-refractivity contribution is 5.73. The van der Waals surface area contributed by atoms with Gasteiger partial charge in [-0.1, -0.05) is 0 Å². The molecule has 1 aromatic heterocycles. The predicted molar refractivity (Wildman–Crippen MR) is 92.4 cm³/mol. The van der Waals surface area contributed by atoms with Crippen molar-refractivity contribution in [2.75, 3.05) is 30.9 Å². The maximum absolute atomic E-state index is 11.5. The molecule has 0 amide bonds. The molecule has 1 unspecified atom stereocenters. The summed E-state index contributed by atoms with van der Waals surface area (Å²) in [7, 11) is 1.57. The second-order valence-corrected chi connectivity index (χ2v) is 5.55. The SMILES string of the molecule is COc1ccc(Nc2ncnc(NCC3CCCO3)c2[N+](=O)[O-])cc1. The van der Waals surface area contributed by atoms with E-state index in [0.29, 0.717) is 18.0 Å². The quantitative estimate of drug-likeness (QED) is 0.582. The lowest BCUT2D eigenvalue weighted by Crippen LogP contribution is -2.20. The second-order valence-electron chi connectivity index (χ2n) is 5.55. The van der Waals surface area contributed by atoms with Gasteiger partial charge in [0.05, 0.1) is 18.1 Å². The number of anilines is 3. The van der Waals surface area contributed by atoms with E-state index in [9.17, 15) is 10.1 Å². The largest absolute Gasteiger partial charge is 0.497 e. The lowest BCUT2D eigenvalue weighted by molar-refractivity contribution is -0.383. The number of hydrogen-bond acceptors (Lipinski definition) is 8. The van der Waals surface area contributed by atoms with E-state index in [4.69, 9.17) is 9.47 Å². The molecule has 9 nitrogen and oxygen atoms in total. The van der Waals surface area contributed by atoms with Crippen LogP contribution in [0.25, 0.3) is 0 Å². The van der Waals surface area contributed by atoms with Gasteiger partial charge in [-0.25, -0.2) is 9.97 Å². The summed E-state index contributed by atoms with van der Waals surface area (Å²) in [5.74, 6) is 0.994. The minimum Gasteiger partial charge on any atom is -0.497 e. The Labute approximate surface area is 144 Å². The van der Waals surface area contributed by atoms with Crippen molar-refractivity contribution < 1.29 is 14.4 Å². The van der Waals surface area contributed by atoms with Crippen LogP contribution in [0.2, 0.25) is 0 Å². The number of hydrogen-bond donors (Lipinski definition) is 2. The zero-order chi connectivity index (χ0) is 17.6. The normalized spacial score (nSPS) is 16.4. The predicted octanol–water partition coefficient (Wildman–Crippen LogP) is 2.73. The van der Waals surface area contributed by atoms with Crippen molar-refractivity contribution in [1.82, 2.24) is 9.97 Å². The lowest BCUT2D eigenvalue weighted by atomic mass is 10.2.